The molecule has 8 nitrogen and oxygen atoms in total. The van der Waals surface area contributed by atoms with Crippen LogP contribution in [0.3, 0.4) is 0 Å². The van der Waals surface area contributed by atoms with Crippen molar-refractivity contribution in [3.05, 3.63) is 121 Å². The van der Waals surface area contributed by atoms with E-state index in [9.17, 15) is 14.4 Å². The molecule has 0 radical (unpaired) electrons. The number of nitrogens with one attached hydrogen (secondary N) is 1. The van der Waals surface area contributed by atoms with Crippen LogP contribution in [0.4, 0.5) is 0 Å². The maximum atomic E-state index is 13.4. The second-order valence-electron chi connectivity index (χ2n) is 8.52. The number of hydrogen-bond acceptors (Lipinski definition) is 5. The lowest BCUT2D eigenvalue weighted by Crippen LogP contribution is -2.46. The second-order valence-corrected chi connectivity index (χ2v) is 8.52. The molecule has 8 heteroatoms. The van der Waals surface area contributed by atoms with Gasteiger partial charge in [0.25, 0.3) is 11.5 Å². The molecule has 4 aromatic rings. The summed E-state index contributed by atoms with van der Waals surface area (Å²) >= 11 is 0. The van der Waals surface area contributed by atoms with Crippen LogP contribution in [0.25, 0.3) is 5.69 Å². The number of benzene rings is 2. The van der Waals surface area contributed by atoms with Crippen molar-refractivity contribution < 1.29 is 4.79 Å². The Kier molecular flexibility index (Phi) is 7.01. The molecule has 2 aromatic carbocycles. The Bertz CT molecular complexity index is 1490. The number of aromatic nitrogens is 4. The number of rotatable bonds is 7. The van der Waals surface area contributed by atoms with Crippen molar-refractivity contribution in [2.45, 2.75) is 33.7 Å². The lowest BCUT2D eigenvalue weighted by molar-refractivity contribution is 0.0944. The summed E-state index contributed by atoms with van der Waals surface area (Å²) in [5.74, 6) is -0.637. The Labute approximate surface area is 202 Å². The molecule has 0 fully saturated rings. The van der Waals surface area contributed by atoms with Gasteiger partial charge in [-0.1, -0.05) is 42.0 Å². The molecule has 0 unspecified atom stereocenters. The SMILES string of the molecule is Cc1cccc(Cn2c(=O)c(C(=O)NCCc3ccccn3)nn(-c3ccc(C)c(C)c3)c2=O)c1. The van der Waals surface area contributed by atoms with Gasteiger partial charge < -0.3 is 5.32 Å². The van der Waals surface area contributed by atoms with E-state index >= 15 is 0 Å². The summed E-state index contributed by atoms with van der Waals surface area (Å²) in [4.78, 5) is 43.9. The molecule has 1 N–H and O–H groups in total. The zero-order valence-electron chi connectivity index (χ0n) is 20.0. The highest BCUT2D eigenvalue weighted by molar-refractivity contribution is 5.91. The molecule has 0 atom stereocenters. The quantitative estimate of drug-likeness (QED) is 0.449. The minimum absolute atomic E-state index is 0.0287. The van der Waals surface area contributed by atoms with E-state index in [2.05, 4.69) is 15.4 Å². The van der Waals surface area contributed by atoms with Gasteiger partial charge in [0.2, 0.25) is 5.69 Å². The van der Waals surface area contributed by atoms with Gasteiger partial charge in [-0.05, 0) is 61.7 Å². The number of amides is 1. The maximum absolute atomic E-state index is 13.4. The van der Waals surface area contributed by atoms with Crippen LogP contribution in [0.15, 0.2) is 76.4 Å². The Morgan fingerprint density at radius 3 is 2.49 bits per heavy atom. The van der Waals surface area contributed by atoms with E-state index in [0.29, 0.717) is 12.1 Å². The molecule has 0 saturated heterocycles. The first kappa shape index (κ1) is 23.8. The molecule has 2 aromatic heterocycles. The number of carbonyl (C=O) groups is 1. The lowest BCUT2D eigenvalue weighted by atomic mass is 10.1. The molecule has 0 aliphatic rings. The molecule has 0 aliphatic heterocycles. The molecule has 178 valence electrons. The predicted molar refractivity (Wildman–Crippen MR) is 134 cm³/mol. The van der Waals surface area contributed by atoms with E-state index in [4.69, 9.17) is 0 Å². The highest BCUT2D eigenvalue weighted by Gasteiger charge is 2.20. The summed E-state index contributed by atoms with van der Waals surface area (Å²) in [6, 6.07) is 18.5. The summed E-state index contributed by atoms with van der Waals surface area (Å²) in [5.41, 5.74) is 3.44. The molecule has 0 bridgehead atoms. The largest absolute Gasteiger partial charge is 0.352 e. The number of carbonyl (C=O) groups excluding carboxylic acids is 1. The van der Waals surface area contributed by atoms with Gasteiger partial charge in [0.1, 0.15) is 0 Å². The van der Waals surface area contributed by atoms with E-state index in [1.54, 1.807) is 12.3 Å². The molecule has 0 spiro atoms. The fourth-order valence-electron chi connectivity index (χ4n) is 3.75. The van der Waals surface area contributed by atoms with Crippen molar-refractivity contribution in [2.24, 2.45) is 0 Å². The van der Waals surface area contributed by atoms with Crippen LogP contribution in [-0.2, 0) is 13.0 Å². The van der Waals surface area contributed by atoms with Crippen molar-refractivity contribution >= 4 is 5.91 Å². The monoisotopic (exact) mass is 469 g/mol. The smallest absolute Gasteiger partial charge is 0.350 e. The average molecular weight is 470 g/mol. The van der Waals surface area contributed by atoms with Gasteiger partial charge in [-0.15, -0.1) is 0 Å². The summed E-state index contributed by atoms with van der Waals surface area (Å²) < 4.78 is 2.18. The van der Waals surface area contributed by atoms with Gasteiger partial charge in [0.05, 0.1) is 12.2 Å². The Morgan fingerprint density at radius 2 is 1.77 bits per heavy atom. The number of hydrogen-bond donors (Lipinski definition) is 1. The molecule has 1 amide bonds. The molecule has 35 heavy (non-hydrogen) atoms. The summed E-state index contributed by atoms with van der Waals surface area (Å²) in [6.07, 6.45) is 2.18. The van der Waals surface area contributed by atoms with Gasteiger partial charge in [0.15, 0.2) is 0 Å². The summed E-state index contributed by atoms with van der Waals surface area (Å²) in [6.45, 7) is 6.14. The molecule has 4 rings (SSSR count). The van der Waals surface area contributed by atoms with Gasteiger partial charge in [-0.2, -0.15) is 9.78 Å². The first-order chi connectivity index (χ1) is 16.8. The average Bonchev–Trinajstić information content (AvgIpc) is 2.84. The van der Waals surface area contributed by atoms with Crippen LogP contribution >= 0.6 is 0 Å². The first-order valence-corrected chi connectivity index (χ1v) is 11.4. The number of aryl methyl sites for hydroxylation is 3. The van der Waals surface area contributed by atoms with Crippen LogP contribution in [0.5, 0.6) is 0 Å². The lowest BCUT2D eigenvalue weighted by Gasteiger charge is -2.13. The number of pyridine rings is 1. The van der Waals surface area contributed by atoms with Crippen LogP contribution in [-0.4, -0.2) is 31.8 Å². The van der Waals surface area contributed by atoms with Crippen molar-refractivity contribution in [3.8, 4) is 5.69 Å². The van der Waals surface area contributed by atoms with Gasteiger partial charge >= 0.3 is 5.69 Å². The maximum Gasteiger partial charge on any atom is 0.352 e. The normalized spacial score (nSPS) is 10.8. The minimum Gasteiger partial charge on any atom is -0.350 e. The van der Waals surface area contributed by atoms with E-state index in [0.717, 1.165) is 37.2 Å². The summed E-state index contributed by atoms with van der Waals surface area (Å²) in [5, 5.41) is 6.94. The standard InChI is InChI=1S/C27H27N5O3/c1-18-7-6-8-21(15-18)17-31-26(34)24(25(33)29-14-12-22-9-4-5-13-28-22)30-32(27(31)35)23-11-10-19(2)20(3)16-23/h4-11,13,15-16H,12,14,17H2,1-3H3,(H,29,33). The van der Waals surface area contributed by atoms with Crippen LogP contribution in [0, 0.1) is 20.8 Å². The predicted octanol–water partition coefficient (Wildman–Crippen LogP) is 2.74. The highest BCUT2D eigenvalue weighted by Crippen LogP contribution is 2.12. The third-order valence-electron chi connectivity index (χ3n) is 5.83. The zero-order chi connectivity index (χ0) is 24.9. The van der Waals surface area contributed by atoms with Crippen LogP contribution in [0.1, 0.15) is 38.4 Å². The molecule has 0 aliphatic carbocycles. The zero-order valence-corrected chi connectivity index (χ0v) is 20.0. The van der Waals surface area contributed by atoms with E-state index in [1.807, 2.05) is 75.4 Å². The van der Waals surface area contributed by atoms with Crippen LogP contribution in [0.2, 0.25) is 0 Å². The highest BCUT2D eigenvalue weighted by atomic mass is 16.2. The van der Waals surface area contributed by atoms with Crippen molar-refractivity contribution in [2.75, 3.05) is 6.54 Å². The van der Waals surface area contributed by atoms with Crippen molar-refractivity contribution in [1.29, 1.82) is 0 Å². The first-order valence-electron chi connectivity index (χ1n) is 11.4. The number of nitrogens with zero attached hydrogens (tertiary/aromatic N) is 4. The van der Waals surface area contributed by atoms with E-state index in [-0.39, 0.29) is 18.8 Å². The fraction of sp³-hybridized carbons (Fsp3) is 0.222. The molecular formula is C27H27N5O3. The van der Waals surface area contributed by atoms with Gasteiger partial charge in [-0.3, -0.25) is 19.1 Å². The van der Waals surface area contributed by atoms with E-state index in [1.165, 1.54) is 0 Å². The Morgan fingerprint density at radius 1 is 0.943 bits per heavy atom. The van der Waals surface area contributed by atoms with Gasteiger partial charge in [-0.25, -0.2) is 4.79 Å². The molecule has 2 heterocycles. The minimum atomic E-state index is -0.730. The van der Waals surface area contributed by atoms with Crippen molar-refractivity contribution in [3.63, 3.8) is 0 Å². The summed E-state index contributed by atoms with van der Waals surface area (Å²) in [7, 11) is 0. The Hall–Kier alpha value is -4.33. The third-order valence-corrected chi connectivity index (χ3v) is 5.83. The fourth-order valence-corrected chi connectivity index (χ4v) is 3.75. The van der Waals surface area contributed by atoms with Crippen molar-refractivity contribution in [1.82, 2.24) is 24.6 Å². The van der Waals surface area contributed by atoms with E-state index < -0.39 is 17.2 Å². The van der Waals surface area contributed by atoms with Gasteiger partial charge in [0, 0.05) is 24.9 Å². The molecular weight excluding hydrogens is 442 g/mol. The van der Waals surface area contributed by atoms with Crippen LogP contribution < -0.4 is 16.6 Å². The Balaban J connectivity index is 1.74. The third kappa shape index (κ3) is 5.43. The topological polar surface area (TPSA) is 98.9 Å². The second kappa shape index (κ2) is 10.3. The molecule has 0 saturated carbocycles.